The minimum atomic E-state index is -2.26. The van der Waals surface area contributed by atoms with Crippen molar-refractivity contribution in [2.45, 2.75) is 161 Å². The Morgan fingerprint density at radius 2 is 1.83 bits per heavy atom. The molecule has 2 N–H and O–H groups in total. The second kappa shape index (κ2) is 17.2. The smallest absolute Gasteiger partial charge is 0.308 e. The first-order chi connectivity index (χ1) is 21.6. The van der Waals surface area contributed by atoms with Gasteiger partial charge in [-0.1, -0.05) is 72.8 Å². The number of aliphatic hydroxyl groups is 2. The number of methoxy groups -OCH3 is 1. The maximum atomic E-state index is 13.5. The van der Waals surface area contributed by atoms with Gasteiger partial charge in [0.05, 0.1) is 30.8 Å². The van der Waals surface area contributed by atoms with Crippen molar-refractivity contribution in [1.82, 2.24) is 0 Å². The van der Waals surface area contributed by atoms with E-state index in [9.17, 15) is 19.8 Å². The van der Waals surface area contributed by atoms with E-state index in [2.05, 4.69) is 47.7 Å². The third-order valence-electron chi connectivity index (χ3n) is 10.3. The lowest BCUT2D eigenvalue weighted by atomic mass is 9.88. The molecule has 0 spiro atoms. The lowest BCUT2D eigenvalue weighted by Gasteiger charge is -2.40. The largest absolute Gasteiger partial charge is 0.457 e. The molecule has 1 fully saturated rings. The summed E-state index contributed by atoms with van der Waals surface area (Å²) in [7, 11) is -0.555. The van der Waals surface area contributed by atoms with Crippen molar-refractivity contribution in [2.24, 2.45) is 17.8 Å². The lowest BCUT2D eigenvalue weighted by Crippen LogP contribution is -2.46. The Hall–Kier alpha value is -1.82. The molecule has 0 aromatic heterocycles. The number of carbonyl (C=O) groups is 2. The first-order valence-corrected chi connectivity index (χ1v) is 20.2. The predicted octanol–water partition coefficient (Wildman–Crippen LogP) is 6.68. The van der Waals surface area contributed by atoms with Gasteiger partial charge in [0.2, 0.25) is 0 Å². The zero-order valence-electron chi connectivity index (χ0n) is 31.2. The summed E-state index contributed by atoms with van der Waals surface area (Å²) in [6.07, 6.45) is 8.01. The van der Waals surface area contributed by atoms with Crippen LogP contribution >= 0.6 is 0 Å². The summed E-state index contributed by atoms with van der Waals surface area (Å²) in [6, 6.07) is 0. The number of cyclic esters (lactones) is 1. The predicted molar refractivity (Wildman–Crippen MR) is 187 cm³/mol. The second-order valence-electron chi connectivity index (χ2n) is 15.5. The number of hydrogen-bond acceptors (Lipinski definition) is 9. The van der Waals surface area contributed by atoms with Crippen LogP contribution in [0.25, 0.3) is 0 Å². The highest BCUT2D eigenvalue weighted by molar-refractivity contribution is 6.74. The summed E-state index contributed by atoms with van der Waals surface area (Å²) in [4.78, 5) is 25.5. The Bertz CT molecular complexity index is 1120. The highest BCUT2D eigenvalue weighted by Crippen LogP contribution is 2.39. The number of epoxide rings is 1. The van der Waals surface area contributed by atoms with Crippen molar-refractivity contribution < 1.29 is 43.2 Å². The van der Waals surface area contributed by atoms with Gasteiger partial charge in [0.15, 0.2) is 8.32 Å². The summed E-state index contributed by atoms with van der Waals surface area (Å²) in [6.45, 7) is 23.6. The normalized spacial score (nSPS) is 33.2. The van der Waals surface area contributed by atoms with Crippen molar-refractivity contribution in [3.8, 4) is 0 Å². The van der Waals surface area contributed by atoms with Crippen LogP contribution in [0.1, 0.15) is 94.9 Å². The summed E-state index contributed by atoms with van der Waals surface area (Å²) in [5.74, 6) is -1.14. The molecule has 270 valence electrons. The molecule has 1 saturated heterocycles. The molecule has 10 heteroatoms. The van der Waals surface area contributed by atoms with E-state index in [-0.39, 0.29) is 59.9 Å². The highest BCUT2D eigenvalue weighted by Gasteiger charge is 2.50. The van der Waals surface area contributed by atoms with Gasteiger partial charge in [0, 0.05) is 31.8 Å². The molecule has 0 amide bonds. The third kappa shape index (κ3) is 11.9. The van der Waals surface area contributed by atoms with Crippen LogP contribution in [0.15, 0.2) is 36.0 Å². The van der Waals surface area contributed by atoms with Gasteiger partial charge in [-0.25, -0.2) is 0 Å². The molecule has 2 aliphatic rings. The van der Waals surface area contributed by atoms with Gasteiger partial charge in [-0.05, 0) is 62.9 Å². The highest BCUT2D eigenvalue weighted by atomic mass is 28.4. The maximum absolute atomic E-state index is 13.5. The van der Waals surface area contributed by atoms with Crippen LogP contribution < -0.4 is 0 Å². The van der Waals surface area contributed by atoms with E-state index in [1.54, 1.807) is 20.1 Å². The lowest BCUT2D eigenvalue weighted by molar-refractivity contribution is -0.157. The second-order valence-corrected chi connectivity index (χ2v) is 20.3. The fourth-order valence-corrected chi connectivity index (χ4v) is 7.39. The van der Waals surface area contributed by atoms with Crippen LogP contribution in [0.5, 0.6) is 0 Å². The number of carbonyl (C=O) groups excluding carboxylic acids is 2. The average molecular weight is 681 g/mol. The first kappa shape index (κ1) is 41.3. The van der Waals surface area contributed by atoms with E-state index in [1.165, 1.54) is 6.92 Å². The summed E-state index contributed by atoms with van der Waals surface area (Å²) in [5, 5.41) is 22.4. The molecule has 47 heavy (non-hydrogen) atoms. The zero-order valence-corrected chi connectivity index (χ0v) is 32.2. The number of esters is 2. The minimum absolute atomic E-state index is 0.0349. The van der Waals surface area contributed by atoms with Gasteiger partial charge >= 0.3 is 11.9 Å². The standard InChI is InChI=1S/C37H64O9Si/c1-14-29(42-11)26(5)34-35(45-34)32(40)23(2)16-15-17-24(3)33-25(4)18-19-30(43-27(6)38)37(10,41)21-20-28(22-31(39)44-33)46-47(12,13)36(7,8)9/h15-19,23,25-26,28-30,32-35,40-41H,14,20-22H2,1-13H3/b16-15+,19-18+,24-17+/t23-,25+,26-,28-,29+,30+,32+,33?,34-,35-,37-/m1/s1. The molecular formula is C37H64O9Si. The van der Waals surface area contributed by atoms with E-state index in [0.29, 0.717) is 6.42 Å². The van der Waals surface area contributed by atoms with E-state index in [0.717, 1.165) is 12.0 Å². The monoisotopic (exact) mass is 680 g/mol. The molecule has 9 nitrogen and oxygen atoms in total. The van der Waals surface area contributed by atoms with Gasteiger partial charge in [-0.15, -0.1) is 0 Å². The van der Waals surface area contributed by atoms with E-state index >= 15 is 0 Å². The van der Waals surface area contributed by atoms with Crippen LogP contribution in [-0.4, -0.2) is 85.9 Å². The molecule has 2 heterocycles. The quantitative estimate of drug-likeness (QED) is 0.0764. The van der Waals surface area contributed by atoms with Gasteiger partial charge < -0.3 is 33.6 Å². The molecule has 1 unspecified atom stereocenters. The molecule has 0 aromatic rings. The van der Waals surface area contributed by atoms with Crippen molar-refractivity contribution >= 4 is 20.3 Å². The minimum Gasteiger partial charge on any atom is -0.457 e. The molecule has 2 rings (SSSR count). The third-order valence-corrected chi connectivity index (χ3v) is 14.9. The number of hydrogen-bond donors (Lipinski definition) is 2. The van der Waals surface area contributed by atoms with Crippen LogP contribution in [-0.2, 0) is 33.0 Å². The summed E-state index contributed by atoms with van der Waals surface area (Å²) >= 11 is 0. The van der Waals surface area contributed by atoms with Gasteiger partial charge in [-0.3, -0.25) is 9.59 Å². The van der Waals surface area contributed by atoms with Crippen molar-refractivity contribution in [1.29, 1.82) is 0 Å². The Balaban J connectivity index is 2.31. The maximum Gasteiger partial charge on any atom is 0.308 e. The Morgan fingerprint density at radius 1 is 1.19 bits per heavy atom. The summed E-state index contributed by atoms with van der Waals surface area (Å²) < 4.78 is 29.8. The molecule has 0 bridgehead atoms. The molecular weight excluding hydrogens is 616 g/mol. The van der Waals surface area contributed by atoms with Gasteiger partial charge in [0.25, 0.3) is 0 Å². The molecule has 0 saturated carbocycles. The topological polar surface area (TPSA) is 124 Å². The average Bonchev–Trinajstić information content (AvgIpc) is 3.76. The SMILES string of the molecule is CC[C@H](OC)[C@@H](C)[C@H]1O[C@@H]1[C@@H](O)[C@H](C)/C=C/C=C(\C)C1OC(=O)C[C@H](O[Si](C)(C)C(C)(C)C)CC[C@@](C)(O)[C@@H](OC(C)=O)/C=C/[C@@H]1C. The van der Waals surface area contributed by atoms with E-state index in [4.69, 9.17) is 23.4 Å². The number of aliphatic hydroxyl groups excluding tert-OH is 1. The number of ether oxygens (including phenoxy) is 4. The molecule has 0 aromatic carbocycles. The van der Waals surface area contributed by atoms with E-state index in [1.807, 2.05) is 45.1 Å². The van der Waals surface area contributed by atoms with Crippen molar-refractivity contribution in [2.75, 3.05) is 7.11 Å². The first-order valence-electron chi connectivity index (χ1n) is 17.3. The van der Waals surface area contributed by atoms with Crippen molar-refractivity contribution in [3.05, 3.63) is 36.0 Å². The molecule has 0 radical (unpaired) electrons. The van der Waals surface area contributed by atoms with Crippen LogP contribution in [0.2, 0.25) is 18.1 Å². The fraction of sp³-hybridized carbons (Fsp3) is 0.784. The van der Waals surface area contributed by atoms with Gasteiger partial charge in [-0.2, -0.15) is 0 Å². The Kier molecular flexibility index (Phi) is 15.1. The summed E-state index contributed by atoms with van der Waals surface area (Å²) in [5.41, 5.74) is -0.563. The Labute approximate surface area is 285 Å². The zero-order chi connectivity index (χ0) is 35.9. The molecule has 11 atom stereocenters. The van der Waals surface area contributed by atoms with Crippen LogP contribution in [0.4, 0.5) is 0 Å². The van der Waals surface area contributed by atoms with Crippen molar-refractivity contribution in [3.63, 3.8) is 0 Å². The molecule has 2 aliphatic heterocycles. The van der Waals surface area contributed by atoms with Gasteiger partial charge in [0.1, 0.15) is 23.9 Å². The number of rotatable bonds is 12. The fourth-order valence-electron chi connectivity index (χ4n) is 6.00. The van der Waals surface area contributed by atoms with E-state index < -0.39 is 44.3 Å². The van der Waals surface area contributed by atoms with Crippen LogP contribution in [0.3, 0.4) is 0 Å². The van der Waals surface area contributed by atoms with Crippen LogP contribution in [0, 0.1) is 17.8 Å². The number of allylic oxidation sites excluding steroid dienone is 2. The molecule has 0 aliphatic carbocycles. The Morgan fingerprint density at radius 3 is 2.38 bits per heavy atom.